The van der Waals surface area contributed by atoms with Crippen LogP contribution in [0.1, 0.15) is 12.5 Å². The minimum Gasteiger partial charge on any atom is -0.484 e. The molecule has 0 heterocycles. The zero-order valence-corrected chi connectivity index (χ0v) is 13.5. The molecule has 0 spiro atoms. The van der Waals surface area contributed by atoms with E-state index in [1.807, 2.05) is 37.3 Å². The van der Waals surface area contributed by atoms with Crippen molar-refractivity contribution in [1.82, 2.24) is 0 Å². The Morgan fingerprint density at radius 3 is 2.39 bits per heavy atom. The van der Waals surface area contributed by atoms with Crippen molar-refractivity contribution >= 4 is 23.2 Å². The predicted octanol–water partition coefficient (Wildman–Crippen LogP) is 3.00. The number of nitrogens with one attached hydrogen (secondary N) is 1. The van der Waals surface area contributed by atoms with Gasteiger partial charge in [0.15, 0.2) is 6.61 Å². The number of nitrogens with zero attached hydrogens (tertiary/aromatic N) is 1. The van der Waals surface area contributed by atoms with E-state index in [0.29, 0.717) is 17.1 Å². The Labute approximate surface area is 135 Å². The number of anilines is 2. The summed E-state index contributed by atoms with van der Waals surface area (Å²) in [6.45, 7) is 3.36. The summed E-state index contributed by atoms with van der Waals surface area (Å²) in [5.74, 6) is 0.248. The molecular weight excluding hydrogens is 292 g/mol. The van der Waals surface area contributed by atoms with Gasteiger partial charge in [-0.1, -0.05) is 29.8 Å². The van der Waals surface area contributed by atoms with E-state index in [2.05, 4.69) is 5.32 Å². The number of carbonyl (C=O) groups excluding carboxylic acids is 2. The van der Waals surface area contributed by atoms with Crippen LogP contribution in [0.15, 0.2) is 48.5 Å². The molecular formula is C18H20N2O3. The zero-order valence-electron chi connectivity index (χ0n) is 13.5. The Morgan fingerprint density at radius 2 is 1.74 bits per heavy atom. The quantitative estimate of drug-likeness (QED) is 0.923. The van der Waals surface area contributed by atoms with Crippen molar-refractivity contribution in [2.75, 3.05) is 23.9 Å². The summed E-state index contributed by atoms with van der Waals surface area (Å²) in [4.78, 5) is 25.0. The largest absolute Gasteiger partial charge is 0.484 e. The first-order valence-corrected chi connectivity index (χ1v) is 7.30. The van der Waals surface area contributed by atoms with Gasteiger partial charge in [0.25, 0.3) is 5.91 Å². The molecule has 0 bridgehead atoms. The third kappa shape index (κ3) is 4.57. The van der Waals surface area contributed by atoms with E-state index in [4.69, 9.17) is 4.74 Å². The highest BCUT2D eigenvalue weighted by Crippen LogP contribution is 2.24. The second-order valence-corrected chi connectivity index (χ2v) is 5.25. The summed E-state index contributed by atoms with van der Waals surface area (Å²) >= 11 is 0. The van der Waals surface area contributed by atoms with Gasteiger partial charge in [-0.2, -0.15) is 0 Å². The van der Waals surface area contributed by atoms with Gasteiger partial charge in [0.1, 0.15) is 5.75 Å². The minimum absolute atomic E-state index is 0.0961. The Balaban J connectivity index is 2.00. The lowest BCUT2D eigenvalue weighted by atomic mass is 10.2. The SMILES string of the molecule is CC(=O)N(C)c1ccccc1NC(=O)COc1ccc(C)cc1. The molecule has 0 aliphatic carbocycles. The first-order valence-electron chi connectivity index (χ1n) is 7.30. The fraction of sp³-hybridized carbons (Fsp3) is 0.222. The maximum Gasteiger partial charge on any atom is 0.262 e. The lowest BCUT2D eigenvalue weighted by molar-refractivity contribution is -0.118. The van der Waals surface area contributed by atoms with E-state index in [1.165, 1.54) is 11.8 Å². The Bertz CT molecular complexity index is 696. The summed E-state index contributed by atoms with van der Waals surface area (Å²) in [5, 5.41) is 2.77. The van der Waals surface area contributed by atoms with Gasteiger partial charge in [-0.3, -0.25) is 9.59 Å². The van der Waals surface area contributed by atoms with E-state index in [1.54, 1.807) is 25.2 Å². The third-order valence-electron chi connectivity index (χ3n) is 3.40. The number of amides is 2. The monoisotopic (exact) mass is 312 g/mol. The van der Waals surface area contributed by atoms with Crippen molar-refractivity contribution < 1.29 is 14.3 Å². The molecule has 120 valence electrons. The van der Waals surface area contributed by atoms with Gasteiger partial charge in [0, 0.05) is 14.0 Å². The number of hydrogen-bond acceptors (Lipinski definition) is 3. The molecule has 0 saturated heterocycles. The molecule has 0 saturated carbocycles. The van der Waals surface area contributed by atoms with Gasteiger partial charge in [-0.05, 0) is 31.2 Å². The van der Waals surface area contributed by atoms with Gasteiger partial charge in [-0.25, -0.2) is 0 Å². The van der Waals surface area contributed by atoms with E-state index < -0.39 is 0 Å². The lowest BCUT2D eigenvalue weighted by Gasteiger charge is -2.19. The maximum absolute atomic E-state index is 12.1. The molecule has 2 rings (SSSR count). The van der Waals surface area contributed by atoms with Gasteiger partial charge in [0.05, 0.1) is 11.4 Å². The van der Waals surface area contributed by atoms with E-state index in [0.717, 1.165) is 5.56 Å². The second-order valence-electron chi connectivity index (χ2n) is 5.25. The van der Waals surface area contributed by atoms with Crippen molar-refractivity contribution in [1.29, 1.82) is 0 Å². The summed E-state index contributed by atoms with van der Waals surface area (Å²) in [7, 11) is 1.66. The number of hydrogen-bond donors (Lipinski definition) is 1. The molecule has 5 nitrogen and oxygen atoms in total. The summed E-state index contributed by atoms with van der Waals surface area (Å²) in [6.07, 6.45) is 0. The van der Waals surface area contributed by atoms with Gasteiger partial charge in [0.2, 0.25) is 5.91 Å². The molecule has 23 heavy (non-hydrogen) atoms. The molecule has 0 aliphatic rings. The molecule has 2 amide bonds. The number of carbonyl (C=O) groups is 2. The number of benzene rings is 2. The average molecular weight is 312 g/mol. The van der Waals surface area contributed by atoms with Crippen LogP contribution in [0.4, 0.5) is 11.4 Å². The molecule has 0 aliphatic heterocycles. The highest BCUT2D eigenvalue weighted by Gasteiger charge is 2.12. The fourth-order valence-corrected chi connectivity index (χ4v) is 2.01. The molecule has 0 unspecified atom stereocenters. The van der Waals surface area contributed by atoms with Crippen LogP contribution in [0.5, 0.6) is 5.75 Å². The maximum atomic E-state index is 12.1. The molecule has 5 heteroatoms. The third-order valence-corrected chi connectivity index (χ3v) is 3.40. The van der Waals surface area contributed by atoms with Crippen LogP contribution >= 0.6 is 0 Å². The molecule has 0 atom stereocenters. The average Bonchev–Trinajstić information content (AvgIpc) is 2.54. The smallest absolute Gasteiger partial charge is 0.262 e. The van der Waals surface area contributed by atoms with Crippen LogP contribution in [0, 0.1) is 6.92 Å². The summed E-state index contributed by atoms with van der Waals surface area (Å²) < 4.78 is 5.45. The minimum atomic E-state index is -0.282. The molecule has 0 radical (unpaired) electrons. The fourth-order valence-electron chi connectivity index (χ4n) is 2.01. The van der Waals surface area contributed by atoms with Crippen molar-refractivity contribution in [3.05, 3.63) is 54.1 Å². The zero-order chi connectivity index (χ0) is 16.8. The molecule has 1 N–H and O–H groups in total. The first kappa shape index (κ1) is 16.5. The highest BCUT2D eigenvalue weighted by molar-refractivity contribution is 6.00. The van der Waals surface area contributed by atoms with Crippen LogP contribution in [0.25, 0.3) is 0 Å². The Kier molecular flexibility index (Phi) is 5.36. The van der Waals surface area contributed by atoms with Gasteiger partial charge in [-0.15, -0.1) is 0 Å². The number of aryl methyl sites for hydroxylation is 1. The van der Waals surface area contributed by atoms with Crippen LogP contribution in [0.2, 0.25) is 0 Å². The molecule has 0 fully saturated rings. The van der Waals surface area contributed by atoms with Crippen molar-refractivity contribution in [3.63, 3.8) is 0 Å². The first-order chi connectivity index (χ1) is 11.0. The van der Waals surface area contributed by atoms with Gasteiger partial charge < -0.3 is 15.0 Å². The molecule has 0 aromatic heterocycles. The second kappa shape index (κ2) is 7.45. The molecule has 2 aromatic carbocycles. The molecule has 2 aromatic rings. The summed E-state index contributed by atoms with van der Waals surface area (Å²) in [6, 6.07) is 14.6. The van der Waals surface area contributed by atoms with E-state index in [-0.39, 0.29) is 18.4 Å². The normalized spacial score (nSPS) is 10.0. The van der Waals surface area contributed by atoms with Crippen molar-refractivity contribution in [2.24, 2.45) is 0 Å². The van der Waals surface area contributed by atoms with Crippen molar-refractivity contribution in [2.45, 2.75) is 13.8 Å². The van der Waals surface area contributed by atoms with E-state index >= 15 is 0 Å². The Hall–Kier alpha value is -2.82. The summed E-state index contributed by atoms with van der Waals surface area (Å²) in [5.41, 5.74) is 2.34. The lowest BCUT2D eigenvalue weighted by Crippen LogP contribution is -2.26. The number of rotatable bonds is 5. The van der Waals surface area contributed by atoms with Crippen LogP contribution in [-0.2, 0) is 9.59 Å². The van der Waals surface area contributed by atoms with Crippen LogP contribution < -0.4 is 15.0 Å². The highest BCUT2D eigenvalue weighted by atomic mass is 16.5. The standard InChI is InChI=1S/C18H20N2O3/c1-13-8-10-15(11-9-13)23-12-18(22)19-16-6-4-5-7-17(16)20(3)14(2)21/h4-11H,12H2,1-3H3,(H,19,22). The van der Waals surface area contributed by atoms with Crippen LogP contribution in [0.3, 0.4) is 0 Å². The van der Waals surface area contributed by atoms with Crippen molar-refractivity contribution in [3.8, 4) is 5.75 Å². The Morgan fingerprint density at radius 1 is 1.09 bits per heavy atom. The van der Waals surface area contributed by atoms with Gasteiger partial charge >= 0.3 is 0 Å². The predicted molar refractivity (Wildman–Crippen MR) is 90.8 cm³/mol. The number of para-hydroxylation sites is 2. The topological polar surface area (TPSA) is 58.6 Å². The number of ether oxygens (including phenoxy) is 1. The van der Waals surface area contributed by atoms with E-state index in [9.17, 15) is 9.59 Å². The van der Waals surface area contributed by atoms with Crippen LogP contribution in [-0.4, -0.2) is 25.5 Å².